The van der Waals surface area contributed by atoms with Gasteiger partial charge >= 0.3 is 5.97 Å². The average molecular weight is 532 g/mol. The Kier molecular flexibility index (Phi) is 8.52. The Labute approximate surface area is 234 Å². The molecule has 0 aliphatic carbocycles. The van der Waals surface area contributed by atoms with Crippen molar-refractivity contribution in [2.45, 2.75) is 26.6 Å². The third-order valence-electron chi connectivity index (χ3n) is 6.60. The number of nitrogens with zero attached hydrogens (tertiary/aromatic N) is 1. The Morgan fingerprint density at radius 2 is 1.15 bits per heavy atom. The van der Waals surface area contributed by atoms with E-state index in [1.54, 1.807) is 31.2 Å². The maximum absolute atomic E-state index is 15.6. The second-order valence-electron chi connectivity index (χ2n) is 9.52. The zero-order valence-electron chi connectivity index (χ0n) is 22.3. The molecule has 0 aromatic heterocycles. The van der Waals surface area contributed by atoms with E-state index >= 15 is 4.39 Å². The number of hydrogen-bond acceptors (Lipinski definition) is 4. The summed E-state index contributed by atoms with van der Waals surface area (Å²) in [5, 5.41) is 0. The molecule has 5 rings (SSSR count). The molecule has 0 heterocycles. The van der Waals surface area contributed by atoms with Gasteiger partial charge in [0, 0.05) is 24.7 Å². The summed E-state index contributed by atoms with van der Waals surface area (Å²) >= 11 is 0. The molecule has 0 saturated heterocycles. The lowest BCUT2D eigenvalue weighted by Gasteiger charge is -2.29. The van der Waals surface area contributed by atoms with Crippen LogP contribution in [-0.4, -0.2) is 5.97 Å². The highest BCUT2D eigenvalue weighted by Gasteiger charge is 2.25. The smallest absolute Gasteiger partial charge is 0.343 e. The summed E-state index contributed by atoms with van der Waals surface area (Å²) in [5.74, 6) is -0.670. The fraction of sp³-hybridized carbons (Fsp3) is 0.114. The van der Waals surface area contributed by atoms with Gasteiger partial charge in [-0.15, -0.1) is 0 Å². The number of benzene rings is 5. The predicted molar refractivity (Wildman–Crippen MR) is 156 cm³/mol. The number of hydrogen-bond donors (Lipinski definition) is 0. The maximum Gasteiger partial charge on any atom is 0.343 e. The first-order valence-corrected chi connectivity index (χ1v) is 13.2. The average Bonchev–Trinajstić information content (AvgIpc) is 3.00. The van der Waals surface area contributed by atoms with Crippen LogP contribution >= 0.6 is 0 Å². The molecule has 0 spiro atoms. The zero-order valence-corrected chi connectivity index (χ0v) is 22.3. The number of esters is 1. The summed E-state index contributed by atoms with van der Waals surface area (Å²) in [4.78, 5) is 15.2. The number of rotatable bonds is 10. The third-order valence-corrected chi connectivity index (χ3v) is 6.60. The number of anilines is 1. The molecule has 5 aromatic rings. The fourth-order valence-corrected chi connectivity index (χ4v) is 4.48. The van der Waals surface area contributed by atoms with E-state index in [0.29, 0.717) is 30.1 Å². The van der Waals surface area contributed by atoms with Crippen LogP contribution in [0.2, 0.25) is 0 Å². The van der Waals surface area contributed by atoms with E-state index in [1.807, 2.05) is 102 Å². The lowest BCUT2D eigenvalue weighted by atomic mass is 10.1. The van der Waals surface area contributed by atoms with Gasteiger partial charge in [-0.05, 0) is 35.7 Å². The molecule has 5 heteroatoms. The lowest BCUT2D eigenvalue weighted by molar-refractivity contribution is 0.0726. The highest BCUT2D eigenvalue weighted by atomic mass is 19.1. The van der Waals surface area contributed by atoms with Gasteiger partial charge in [0.05, 0.1) is 11.3 Å². The third kappa shape index (κ3) is 6.56. The van der Waals surface area contributed by atoms with Crippen LogP contribution in [0, 0.1) is 12.7 Å². The van der Waals surface area contributed by atoms with Crippen LogP contribution in [0.3, 0.4) is 0 Å². The van der Waals surface area contributed by atoms with Gasteiger partial charge in [-0.3, -0.25) is 0 Å². The standard InChI is InChI=1S/C35H30FNO3/c1-26-31(36)22-32(37(23-27-14-6-2-7-15-27)24-28-16-8-3-9-17-28)34(39-25-29-18-10-4-11-19-29)33(26)40-35(38)30-20-12-5-13-21-30/h2-22H,23-25H2,1H3. The predicted octanol–water partition coefficient (Wildman–Crippen LogP) is 8.14. The summed E-state index contributed by atoms with van der Waals surface area (Å²) in [5.41, 5.74) is 4.12. The fourth-order valence-electron chi connectivity index (χ4n) is 4.48. The van der Waals surface area contributed by atoms with Crippen LogP contribution in [0.4, 0.5) is 10.1 Å². The SMILES string of the molecule is Cc1c(F)cc(N(Cc2ccccc2)Cc2ccccc2)c(OCc2ccccc2)c1OC(=O)c1ccccc1. The maximum atomic E-state index is 15.6. The van der Waals surface area contributed by atoms with Gasteiger partial charge in [-0.2, -0.15) is 0 Å². The Bertz CT molecular complexity index is 1500. The highest BCUT2D eigenvalue weighted by Crippen LogP contribution is 2.44. The molecule has 4 nitrogen and oxygen atoms in total. The molecule has 0 N–H and O–H groups in total. The Morgan fingerprint density at radius 3 is 1.68 bits per heavy atom. The Hall–Kier alpha value is -4.90. The normalized spacial score (nSPS) is 10.7. The van der Waals surface area contributed by atoms with Crippen molar-refractivity contribution < 1.29 is 18.7 Å². The van der Waals surface area contributed by atoms with Crippen molar-refractivity contribution in [1.82, 2.24) is 0 Å². The molecule has 40 heavy (non-hydrogen) atoms. The van der Waals surface area contributed by atoms with Crippen LogP contribution in [0.1, 0.15) is 32.6 Å². The Morgan fingerprint density at radius 1 is 0.675 bits per heavy atom. The molecule has 200 valence electrons. The van der Waals surface area contributed by atoms with Crippen LogP contribution in [0.15, 0.2) is 127 Å². The first-order valence-electron chi connectivity index (χ1n) is 13.2. The van der Waals surface area contributed by atoms with Crippen LogP contribution in [0.25, 0.3) is 0 Å². The number of carbonyl (C=O) groups excluding carboxylic acids is 1. The zero-order chi connectivity index (χ0) is 27.7. The minimum Gasteiger partial charge on any atom is -0.483 e. The quantitative estimate of drug-likeness (QED) is 0.135. The van der Waals surface area contributed by atoms with E-state index < -0.39 is 11.8 Å². The van der Waals surface area contributed by atoms with E-state index in [2.05, 4.69) is 0 Å². The van der Waals surface area contributed by atoms with Crippen LogP contribution in [-0.2, 0) is 19.7 Å². The second-order valence-corrected chi connectivity index (χ2v) is 9.52. The van der Waals surface area contributed by atoms with Gasteiger partial charge in [0.1, 0.15) is 12.4 Å². The highest BCUT2D eigenvalue weighted by molar-refractivity contribution is 5.92. The molecule has 0 aliphatic heterocycles. The molecule has 0 radical (unpaired) electrons. The summed E-state index contributed by atoms with van der Waals surface area (Å²) in [7, 11) is 0. The minimum absolute atomic E-state index is 0.0749. The molecule has 0 atom stereocenters. The monoisotopic (exact) mass is 531 g/mol. The van der Waals surface area contributed by atoms with Crippen molar-refractivity contribution in [3.8, 4) is 11.5 Å². The minimum atomic E-state index is -0.581. The second kappa shape index (κ2) is 12.8. The molecule has 0 unspecified atom stereocenters. The molecular weight excluding hydrogens is 501 g/mol. The van der Waals surface area contributed by atoms with Gasteiger partial charge in [0.15, 0.2) is 11.5 Å². The molecule has 0 bridgehead atoms. The molecule has 0 fully saturated rings. The van der Waals surface area contributed by atoms with Crippen molar-refractivity contribution in [3.63, 3.8) is 0 Å². The van der Waals surface area contributed by atoms with Crippen molar-refractivity contribution in [2.24, 2.45) is 0 Å². The van der Waals surface area contributed by atoms with Gasteiger partial charge in [-0.25, -0.2) is 9.18 Å². The van der Waals surface area contributed by atoms with Crippen molar-refractivity contribution in [3.05, 3.63) is 161 Å². The van der Waals surface area contributed by atoms with E-state index in [1.165, 1.54) is 6.07 Å². The van der Waals surface area contributed by atoms with E-state index in [0.717, 1.165) is 16.7 Å². The summed E-state index contributed by atoms with van der Waals surface area (Å²) < 4.78 is 27.9. The molecule has 0 amide bonds. The molecule has 5 aromatic carbocycles. The number of halogens is 1. The van der Waals surface area contributed by atoms with Gasteiger partial charge in [0.25, 0.3) is 0 Å². The summed E-state index contributed by atoms with van der Waals surface area (Å²) in [6, 6.07) is 39.8. The van der Waals surface area contributed by atoms with Crippen molar-refractivity contribution in [1.29, 1.82) is 0 Å². The summed E-state index contributed by atoms with van der Waals surface area (Å²) in [6.45, 7) is 2.80. The van der Waals surface area contributed by atoms with E-state index in [9.17, 15) is 4.79 Å². The number of ether oxygens (including phenoxy) is 2. The Balaban J connectivity index is 1.61. The molecule has 0 saturated carbocycles. The largest absolute Gasteiger partial charge is 0.483 e. The van der Waals surface area contributed by atoms with Crippen LogP contribution in [0.5, 0.6) is 11.5 Å². The number of carbonyl (C=O) groups is 1. The van der Waals surface area contributed by atoms with E-state index in [4.69, 9.17) is 9.47 Å². The van der Waals surface area contributed by atoms with Crippen molar-refractivity contribution in [2.75, 3.05) is 4.90 Å². The van der Waals surface area contributed by atoms with Crippen molar-refractivity contribution >= 4 is 11.7 Å². The van der Waals surface area contributed by atoms with Crippen LogP contribution < -0.4 is 14.4 Å². The lowest BCUT2D eigenvalue weighted by Crippen LogP contribution is -2.24. The summed E-state index contributed by atoms with van der Waals surface area (Å²) in [6.07, 6.45) is 0. The van der Waals surface area contributed by atoms with Gasteiger partial charge in [0.2, 0.25) is 0 Å². The van der Waals surface area contributed by atoms with Gasteiger partial charge < -0.3 is 14.4 Å². The molecular formula is C35H30FNO3. The van der Waals surface area contributed by atoms with Gasteiger partial charge in [-0.1, -0.05) is 109 Å². The van der Waals surface area contributed by atoms with E-state index in [-0.39, 0.29) is 17.9 Å². The first-order chi connectivity index (χ1) is 19.6. The molecule has 0 aliphatic rings. The topological polar surface area (TPSA) is 38.8 Å². The first kappa shape index (κ1) is 26.7.